The molecule has 1 N–H and O–H groups in total. The first kappa shape index (κ1) is 22.5. The standard InChI is InChI=1S/C22H31N3O4S/c1-3-29-21(28)25-14-12-24(13-15-25)20(27)9-11-22(10-8-19(26)23-22)16-17-4-6-18(30-2)7-5-17/h4-7H,3,8-16H2,1-2H3,(H,23,26). The van der Waals surface area contributed by atoms with Crippen LogP contribution in [-0.2, 0) is 20.7 Å². The van der Waals surface area contributed by atoms with Gasteiger partial charge in [-0.15, -0.1) is 11.8 Å². The van der Waals surface area contributed by atoms with Gasteiger partial charge in [-0.1, -0.05) is 12.1 Å². The van der Waals surface area contributed by atoms with Crippen LogP contribution in [0.2, 0.25) is 0 Å². The molecule has 2 aliphatic heterocycles. The van der Waals surface area contributed by atoms with Gasteiger partial charge in [-0.25, -0.2) is 4.79 Å². The summed E-state index contributed by atoms with van der Waals surface area (Å²) in [6.45, 7) is 4.17. The Morgan fingerprint density at radius 3 is 2.37 bits per heavy atom. The Balaban J connectivity index is 1.55. The van der Waals surface area contributed by atoms with E-state index in [1.54, 1.807) is 23.6 Å². The van der Waals surface area contributed by atoms with E-state index >= 15 is 0 Å². The molecular weight excluding hydrogens is 402 g/mol. The Kier molecular flexibility index (Phi) is 7.64. The highest BCUT2D eigenvalue weighted by Gasteiger charge is 2.38. The van der Waals surface area contributed by atoms with E-state index in [2.05, 4.69) is 29.6 Å². The Labute approximate surface area is 182 Å². The van der Waals surface area contributed by atoms with Gasteiger partial charge in [-0.05, 0) is 50.1 Å². The van der Waals surface area contributed by atoms with Crippen molar-refractivity contribution in [2.24, 2.45) is 0 Å². The minimum atomic E-state index is -0.361. The molecule has 0 aliphatic carbocycles. The molecule has 0 aromatic heterocycles. The van der Waals surface area contributed by atoms with Crippen molar-refractivity contribution in [1.82, 2.24) is 15.1 Å². The third-order valence-corrected chi connectivity index (χ3v) is 6.66. The van der Waals surface area contributed by atoms with E-state index in [1.165, 1.54) is 10.5 Å². The van der Waals surface area contributed by atoms with E-state index in [4.69, 9.17) is 4.74 Å². The monoisotopic (exact) mass is 433 g/mol. The molecule has 30 heavy (non-hydrogen) atoms. The molecule has 0 spiro atoms. The van der Waals surface area contributed by atoms with E-state index in [9.17, 15) is 14.4 Å². The number of thioether (sulfide) groups is 1. The topological polar surface area (TPSA) is 79.0 Å². The molecule has 1 atom stereocenters. The number of piperazine rings is 1. The van der Waals surface area contributed by atoms with Gasteiger partial charge in [0.1, 0.15) is 0 Å². The summed E-state index contributed by atoms with van der Waals surface area (Å²) in [5, 5.41) is 3.15. The van der Waals surface area contributed by atoms with Gasteiger partial charge in [-0.2, -0.15) is 0 Å². The molecule has 8 heteroatoms. The predicted molar refractivity (Wildman–Crippen MR) is 116 cm³/mol. The summed E-state index contributed by atoms with van der Waals surface area (Å²) in [7, 11) is 0. The van der Waals surface area contributed by atoms with Gasteiger partial charge in [0, 0.05) is 49.5 Å². The number of hydrogen-bond acceptors (Lipinski definition) is 5. The van der Waals surface area contributed by atoms with Crippen LogP contribution in [-0.4, -0.2) is 72.3 Å². The molecule has 164 valence electrons. The smallest absolute Gasteiger partial charge is 0.409 e. The van der Waals surface area contributed by atoms with Gasteiger partial charge in [0.05, 0.1) is 6.61 Å². The minimum Gasteiger partial charge on any atom is -0.450 e. The average molecular weight is 434 g/mol. The van der Waals surface area contributed by atoms with Crippen molar-refractivity contribution >= 4 is 29.7 Å². The van der Waals surface area contributed by atoms with Crippen molar-refractivity contribution in [2.75, 3.05) is 39.0 Å². The second-order valence-electron chi connectivity index (χ2n) is 7.92. The highest BCUT2D eigenvalue weighted by Crippen LogP contribution is 2.30. The van der Waals surface area contributed by atoms with Crippen LogP contribution in [0.1, 0.15) is 38.2 Å². The van der Waals surface area contributed by atoms with E-state index < -0.39 is 0 Å². The Morgan fingerprint density at radius 1 is 1.13 bits per heavy atom. The van der Waals surface area contributed by atoms with Crippen molar-refractivity contribution in [2.45, 2.75) is 49.5 Å². The average Bonchev–Trinajstić information content (AvgIpc) is 3.13. The fourth-order valence-corrected chi connectivity index (χ4v) is 4.58. The molecule has 7 nitrogen and oxygen atoms in total. The highest BCUT2D eigenvalue weighted by molar-refractivity contribution is 7.98. The fourth-order valence-electron chi connectivity index (χ4n) is 4.17. The lowest BCUT2D eigenvalue weighted by Crippen LogP contribution is -2.51. The van der Waals surface area contributed by atoms with Gasteiger partial charge in [0.25, 0.3) is 0 Å². The molecule has 2 fully saturated rings. The van der Waals surface area contributed by atoms with Gasteiger partial charge in [0.2, 0.25) is 11.8 Å². The van der Waals surface area contributed by atoms with Crippen LogP contribution in [0, 0.1) is 0 Å². The van der Waals surface area contributed by atoms with Crippen molar-refractivity contribution in [1.29, 1.82) is 0 Å². The van der Waals surface area contributed by atoms with E-state index in [-0.39, 0.29) is 23.4 Å². The van der Waals surface area contributed by atoms with Crippen molar-refractivity contribution < 1.29 is 19.1 Å². The van der Waals surface area contributed by atoms with Crippen molar-refractivity contribution in [3.05, 3.63) is 29.8 Å². The summed E-state index contributed by atoms with van der Waals surface area (Å²) in [4.78, 5) is 41.3. The number of benzene rings is 1. The molecule has 2 saturated heterocycles. The molecule has 1 unspecified atom stereocenters. The highest BCUT2D eigenvalue weighted by atomic mass is 32.2. The Bertz CT molecular complexity index is 762. The Hall–Kier alpha value is -2.22. The van der Waals surface area contributed by atoms with Crippen LogP contribution in [0.5, 0.6) is 0 Å². The van der Waals surface area contributed by atoms with E-state index in [0.717, 1.165) is 12.8 Å². The maximum absolute atomic E-state index is 12.8. The third kappa shape index (κ3) is 5.68. The largest absolute Gasteiger partial charge is 0.450 e. The minimum absolute atomic E-state index is 0.0613. The quantitative estimate of drug-likeness (QED) is 0.669. The molecule has 0 saturated carbocycles. The van der Waals surface area contributed by atoms with Crippen LogP contribution in [0.25, 0.3) is 0 Å². The zero-order valence-corrected chi connectivity index (χ0v) is 18.6. The lowest BCUT2D eigenvalue weighted by atomic mass is 9.85. The molecule has 1 aromatic carbocycles. The normalized spacial score (nSPS) is 21.5. The van der Waals surface area contributed by atoms with Gasteiger partial charge in [-0.3, -0.25) is 9.59 Å². The molecule has 0 bridgehead atoms. The molecule has 3 rings (SSSR count). The number of hydrogen-bond donors (Lipinski definition) is 1. The van der Waals surface area contributed by atoms with Crippen LogP contribution < -0.4 is 5.32 Å². The number of rotatable bonds is 7. The van der Waals surface area contributed by atoms with Crippen molar-refractivity contribution in [3.63, 3.8) is 0 Å². The van der Waals surface area contributed by atoms with E-state index in [1.807, 2.05) is 11.2 Å². The number of ether oxygens (including phenoxy) is 1. The number of carbonyl (C=O) groups excluding carboxylic acids is 3. The first-order chi connectivity index (χ1) is 14.4. The van der Waals surface area contributed by atoms with Crippen LogP contribution in [0.15, 0.2) is 29.2 Å². The van der Waals surface area contributed by atoms with Gasteiger partial charge in [0.15, 0.2) is 0 Å². The summed E-state index contributed by atoms with van der Waals surface area (Å²) < 4.78 is 5.03. The number of amides is 3. The maximum atomic E-state index is 12.8. The molecule has 2 heterocycles. The number of nitrogens with one attached hydrogen (secondary N) is 1. The summed E-state index contributed by atoms with van der Waals surface area (Å²) in [5.41, 5.74) is 0.811. The van der Waals surface area contributed by atoms with Crippen LogP contribution >= 0.6 is 11.8 Å². The molecule has 0 radical (unpaired) electrons. The molecule has 3 amide bonds. The van der Waals surface area contributed by atoms with Crippen molar-refractivity contribution in [3.8, 4) is 0 Å². The maximum Gasteiger partial charge on any atom is 0.409 e. The van der Waals surface area contributed by atoms with Crippen LogP contribution in [0.4, 0.5) is 4.79 Å². The Morgan fingerprint density at radius 2 is 1.80 bits per heavy atom. The summed E-state index contributed by atoms with van der Waals surface area (Å²) in [6, 6.07) is 8.40. The molecule has 1 aromatic rings. The molecule has 2 aliphatic rings. The SMILES string of the molecule is CCOC(=O)N1CCN(C(=O)CCC2(Cc3ccc(SC)cc3)CCC(=O)N2)CC1. The summed E-state index contributed by atoms with van der Waals surface area (Å²) in [6.07, 6.45) is 4.74. The summed E-state index contributed by atoms with van der Waals surface area (Å²) >= 11 is 1.70. The van der Waals surface area contributed by atoms with Gasteiger partial charge < -0.3 is 19.9 Å². The second kappa shape index (κ2) is 10.2. The zero-order chi connectivity index (χ0) is 21.6. The third-order valence-electron chi connectivity index (χ3n) is 5.91. The second-order valence-corrected chi connectivity index (χ2v) is 8.80. The fraction of sp³-hybridized carbons (Fsp3) is 0.591. The molecular formula is C22H31N3O4S. The first-order valence-electron chi connectivity index (χ1n) is 10.6. The number of nitrogens with zero attached hydrogens (tertiary/aromatic N) is 2. The first-order valence-corrected chi connectivity index (χ1v) is 11.8. The lowest BCUT2D eigenvalue weighted by Gasteiger charge is -2.35. The number of carbonyl (C=O) groups is 3. The van der Waals surface area contributed by atoms with Crippen LogP contribution in [0.3, 0.4) is 0 Å². The zero-order valence-electron chi connectivity index (χ0n) is 17.8. The van der Waals surface area contributed by atoms with Gasteiger partial charge >= 0.3 is 6.09 Å². The lowest BCUT2D eigenvalue weighted by molar-refractivity contribution is -0.133. The predicted octanol–water partition coefficient (Wildman–Crippen LogP) is 2.68. The van der Waals surface area contributed by atoms with E-state index in [0.29, 0.717) is 52.0 Å². The summed E-state index contributed by atoms with van der Waals surface area (Å²) in [5.74, 6) is 0.142.